The van der Waals surface area contributed by atoms with Crippen LogP contribution in [-0.2, 0) is 14.2 Å². The zero-order chi connectivity index (χ0) is 21.2. The first-order chi connectivity index (χ1) is 13.7. The average Bonchev–Trinajstić information content (AvgIpc) is 2.90. The lowest BCUT2D eigenvalue weighted by Crippen LogP contribution is -2.48. The molecule has 0 aliphatic carbocycles. The van der Waals surface area contributed by atoms with Crippen LogP contribution in [0, 0.1) is 13.8 Å². The first-order valence-electron chi connectivity index (χ1n) is 9.57. The number of hydrogen-bond acceptors (Lipinski definition) is 6. The van der Waals surface area contributed by atoms with Crippen molar-refractivity contribution < 1.29 is 28.9 Å². The SMILES string of the molecule is Cc1ccc(C(=O)OCC2OC(C)C(C)(O)C2OC(=O)c2ccc(C)cc2)cc1. The molecule has 0 saturated carbocycles. The number of aliphatic hydroxyl groups is 1. The number of rotatable bonds is 5. The van der Waals surface area contributed by atoms with Crippen molar-refractivity contribution in [2.75, 3.05) is 6.61 Å². The zero-order valence-corrected chi connectivity index (χ0v) is 17.0. The van der Waals surface area contributed by atoms with E-state index in [1.807, 2.05) is 38.1 Å². The molecule has 0 radical (unpaired) electrons. The highest BCUT2D eigenvalue weighted by Gasteiger charge is 2.53. The van der Waals surface area contributed by atoms with Gasteiger partial charge in [0.2, 0.25) is 0 Å². The number of ether oxygens (including phenoxy) is 3. The molecule has 1 aliphatic rings. The van der Waals surface area contributed by atoms with E-state index in [-0.39, 0.29) is 6.61 Å². The maximum atomic E-state index is 12.5. The standard InChI is InChI=1S/C23H26O6/c1-14-5-9-17(10-6-14)21(24)27-13-19-20(23(4,26)16(3)28-19)29-22(25)18-11-7-15(2)8-12-18/h5-12,16,19-20,26H,13H2,1-4H3. The molecule has 1 N–H and O–H groups in total. The number of benzene rings is 2. The third-order valence-corrected chi connectivity index (χ3v) is 5.30. The van der Waals surface area contributed by atoms with Crippen LogP contribution in [0.15, 0.2) is 48.5 Å². The molecule has 0 amide bonds. The fraction of sp³-hybridized carbons (Fsp3) is 0.391. The van der Waals surface area contributed by atoms with Gasteiger partial charge in [0.15, 0.2) is 6.10 Å². The summed E-state index contributed by atoms with van der Waals surface area (Å²) in [6, 6.07) is 14.0. The first-order valence-corrected chi connectivity index (χ1v) is 9.57. The summed E-state index contributed by atoms with van der Waals surface area (Å²) in [7, 11) is 0. The molecular formula is C23H26O6. The van der Waals surface area contributed by atoms with Crippen LogP contribution < -0.4 is 0 Å². The van der Waals surface area contributed by atoms with E-state index < -0.39 is 35.9 Å². The van der Waals surface area contributed by atoms with Crippen molar-refractivity contribution >= 4 is 11.9 Å². The Kier molecular flexibility index (Phi) is 6.05. The summed E-state index contributed by atoms with van der Waals surface area (Å²) in [6.45, 7) is 6.95. The summed E-state index contributed by atoms with van der Waals surface area (Å²) in [5, 5.41) is 10.8. The molecule has 154 valence electrons. The maximum Gasteiger partial charge on any atom is 0.338 e. The maximum absolute atomic E-state index is 12.5. The van der Waals surface area contributed by atoms with Crippen LogP contribution in [0.2, 0.25) is 0 Å². The highest BCUT2D eigenvalue weighted by molar-refractivity contribution is 5.90. The first kappa shape index (κ1) is 21.0. The highest BCUT2D eigenvalue weighted by atomic mass is 16.6. The number of esters is 2. The Morgan fingerprint density at radius 1 is 0.966 bits per heavy atom. The monoisotopic (exact) mass is 398 g/mol. The minimum Gasteiger partial charge on any atom is -0.459 e. The van der Waals surface area contributed by atoms with E-state index in [9.17, 15) is 14.7 Å². The second-order valence-corrected chi connectivity index (χ2v) is 7.70. The summed E-state index contributed by atoms with van der Waals surface area (Å²) in [6.07, 6.45) is -2.35. The van der Waals surface area contributed by atoms with Crippen molar-refractivity contribution in [2.45, 2.75) is 51.6 Å². The van der Waals surface area contributed by atoms with E-state index in [0.717, 1.165) is 11.1 Å². The Balaban J connectivity index is 1.69. The van der Waals surface area contributed by atoms with Crippen LogP contribution in [-0.4, -0.2) is 47.6 Å². The van der Waals surface area contributed by atoms with Crippen molar-refractivity contribution in [1.82, 2.24) is 0 Å². The van der Waals surface area contributed by atoms with Gasteiger partial charge in [-0.1, -0.05) is 35.4 Å². The molecule has 1 heterocycles. The van der Waals surface area contributed by atoms with Gasteiger partial charge in [-0.2, -0.15) is 0 Å². The Morgan fingerprint density at radius 3 is 1.97 bits per heavy atom. The van der Waals surface area contributed by atoms with Gasteiger partial charge in [0.05, 0.1) is 17.2 Å². The van der Waals surface area contributed by atoms with E-state index in [1.165, 1.54) is 0 Å². The fourth-order valence-corrected chi connectivity index (χ4v) is 3.20. The van der Waals surface area contributed by atoms with E-state index in [1.54, 1.807) is 38.1 Å². The lowest BCUT2D eigenvalue weighted by Gasteiger charge is -2.28. The Morgan fingerprint density at radius 2 is 1.45 bits per heavy atom. The van der Waals surface area contributed by atoms with Crippen molar-refractivity contribution in [3.63, 3.8) is 0 Å². The molecule has 1 aliphatic heterocycles. The van der Waals surface area contributed by atoms with Crippen LogP contribution in [0.1, 0.15) is 45.7 Å². The summed E-state index contributed by atoms with van der Waals surface area (Å²) in [4.78, 5) is 24.8. The fourth-order valence-electron chi connectivity index (χ4n) is 3.20. The lowest BCUT2D eigenvalue weighted by atomic mass is 9.93. The molecule has 6 nitrogen and oxygen atoms in total. The zero-order valence-electron chi connectivity index (χ0n) is 17.0. The summed E-state index contributed by atoms with van der Waals surface area (Å²) >= 11 is 0. The molecule has 2 aromatic rings. The molecule has 2 aromatic carbocycles. The quantitative estimate of drug-likeness (QED) is 0.779. The molecule has 29 heavy (non-hydrogen) atoms. The number of carbonyl (C=O) groups excluding carboxylic acids is 2. The van der Waals surface area contributed by atoms with E-state index in [0.29, 0.717) is 11.1 Å². The van der Waals surface area contributed by atoms with Gasteiger partial charge < -0.3 is 19.3 Å². The van der Waals surface area contributed by atoms with Crippen LogP contribution in [0.5, 0.6) is 0 Å². The predicted octanol–water partition coefficient (Wildman–Crippen LogP) is 3.22. The molecule has 0 bridgehead atoms. The van der Waals surface area contributed by atoms with Gasteiger partial charge in [0.25, 0.3) is 0 Å². The Labute approximate surface area is 170 Å². The van der Waals surface area contributed by atoms with E-state index in [4.69, 9.17) is 14.2 Å². The van der Waals surface area contributed by atoms with Gasteiger partial charge in [-0.3, -0.25) is 0 Å². The van der Waals surface area contributed by atoms with Gasteiger partial charge in [-0.15, -0.1) is 0 Å². The normalized spacial score (nSPS) is 26.2. The number of aryl methyl sites for hydroxylation is 2. The van der Waals surface area contributed by atoms with Gasteiger partial charge in [-0.25, -0.2) is 9.59 Å². The summed E-state index contributed by atoms with van der Waals surface area (Å²) in [5.74, 6) is -1.07. The molecule has 0 spiro atoms. The molecule has 0 aromatic heterocycles. The van der Waals surface area contributed by atoms with Crippen LogP contribution >= 0.6 is 0 Å². The number of carbonyl (C=O) groups is 2. The van der Waals surface area contributed by atoms with Gasteiger partial charge in [0.1, 0.15) is 18.3 Å². The van der Waals surface area contributed by atoms with Crippen molar-refractivity contribution in [3.8, 4) is 0 Å². The van der Waals surface area contributed by atoms with E-state index >= 15 is 0 Å². The van der Waals surface area contributed by atoms with Crippen LogP contribution in [0.25, 0.3) is 0 Å². The topological polar surface area (TPSA) is 82.1 Å². The number of hydrogen-bond donors (Lipinski definition) is 1. The van der Waals surface area contributed by atoms with Crippen molar-refractivity contribution in [3.05, 3.63) is 70.8 Å². The molecule has 4 unspecified atom stereocenters. The summed E-state index contributed by atoms with van der Waals surface area (Å²) in [5.41, 5.74) is 1.44. The van der Waals surface area contributed by atoms with Gasteiger partial charge in [-0.05, 0) is 52.0 Å². The summed E-state index contributed by atoms with van der Waals surface area (Å²) < 4.78 is 16.7. The second-order valence-electron chi connectivity index (χ2n) is 7.70. The van der Waals surface area contributed by atoms with Gasteiger partial charge >= 0.3 is 11.9 Å². The van der Waals surface area contributed by atoms with Crippen molar-refractivity contribution in [1.29, 1.82) is 0 Å². The highest BCUT2D eigenvalue weighted by Crippen LogP contribution is 2.34. The molecule has 1 saturated heterocycles. The van der Waals surface area contributed by atoms with E-state index in [2.05, 4.69) is 0 Å². The molecule has 1 fully saturated rings. The third kappa shape index (κ3) is 4.66. The smallest absolute Gasteiger partial charge is 0.338 e. The Hall–Kier alpha value is -2.70. The second kappa shape index (κ2) is 8.35. The molecule has 3 rings (SSSR count). The van der Waals surface area contributed by atoms with Crippen LogP contribution in [0.4, 0.5) is 0 Å². The van der Waals surface area contributed by atoms with Gasteiger partial charge in [0, 0.05) is 0 Å². The minimum atomic E-state index is -1.42. The average molecular weight is 398 g/mol. The molecular weight excluding hydrogens is 372 g/mol. The Bertz CT molecular complexity index is 869. The molecule has 4 atom stereocenters. The third-order valence-electron chi connectivity index (χ3n) is 5.30. The lowest BCUT2D eigenvalue weighted by molar-refractivity contribution is -0.0700. The van der Waals surface area contributed by atoms with Crippen molar-refractivity contribution in [2.24, 2.45) is 0 Å². The predicted molar refractivity (Wildman–Crippen MR) is 107 cm³/mol. The minimum absolute atomic E-state index is 0.140. The largest absolute Gasteiger partial charge is 0.459 e. The molecule has 6 heteroatoms. The van der Waals surface area contributed by atoms with Crippen LogP contribution in [0.3, 0.4) is 0 Å².